The summed E-state index contributed by atoms with van der Waals surface area (Å²) in [5.41, 5.74) is 0.918. The zero-order valence-corrected chi connectivity index (χ0v) is 14.4. The van der Waals surface area contributed by atoms with Gasteiger partial charge < -0.3 is 15.2 Å². The van der Waals surface area contributed by atoms with Crippen LogP contribution in [0, 0.1) is 5.92 Å². The molecule has 0 aromatic heterocycles. The smallest absolute Gasteiger partial charge is 0.406 e. The van der Waals surface area contributed by atoms with E-state index in [-0.39, 0.29) is 6.61 Å². The predicted molar refractivity (Wildman–Crippen MR) is 89.7 cm³/mol. The first kappa shape index (κ1) is 18.8. The summed E-state index contributed by atoms with van der Waals surface area (Å²) >= 11 is 1.69. The van der Waals surface area contributed by atoms with Gasteiger partial charge in [0, 0.05) is 24.5 Å². The molecule has 0 saturated carbocycles. The minimum absolute atomic E-state index is 0.0572. The van der Waals surface area contributed by atoms with Crippen molar-refractivity contribution in [2.24, 2.45) is 5.92 Å². The van der Waals surface area contributed by atoms with Crippen LogP contribution >= 0.6 is 11.9 Å². The molecule has 0 unspecified atom stereocenters. The van der Waals surface area contributed by atoms with Crippen LogP contribution in [0.5, 0.6) is 0 Å². The van der Waals surface area contributed by atoms with Crippen LogP contribution in [0.2, 0.25) is 0 Å². The second-order valence-corrected chi connectivity index (χ2v) is 6.62. The highest BCUT2D eigenvalue weighted by atomic mass is 32.2. The van der Waals surface area contributed by atoms with Crippen molar-refractivity contribution in [3.63, 3.8) is 0 Å². The van der Waals surface area contributed by atoms with Gasteiger partial charge in [-0.2, -0.15) is 0 Å². The molecule has 0 fully saturated rings. The summed E-state index contributed by atoms with van der Waals surface area (Å²) in [6.07, 6.45) is 0.466. The largest absolute Gasteiger partial charge is 0.453 e. The Morgan fingerprint density at radius 1 is 1.45 bits per heavy atom. The second kappa shape index (κ2) is 10.5. The summed E-state index contributed by atoms with van der Waals surface area (Å²) in [6, 6.07) is 7.92. The van der Waals surface area contributed by atoms with E-state index in [1.54, 1.807) is 11.9 Å². The van der Waals surface area contributed by atoms with E-state index in [0.29, 0.717) is 12.5 Å². The van der Waals surface area contributed by atoms with Crippen LogP contribution in [-0.2, 0) is 11.3 Å². The maximum atomic E-state index is 11.0. The Balaban J connectivity index is 2.50. The number of carbonyl (C=O) groups is 1. The molecule has 1 aromatic rings. The molecule has 0 spiro atoms. The van der Waals surface area contributed by atoms with E-state index in [1.165, 1.54) is 7.11 Å². The highest BCUT2D eigenvalue weighted by Gasteiger charge is 2.10. The lowest BCUT2D eigenvalue weighted by Crippen LogP contribution is -2.28. The number of hydrogen-bond donors (Lipinski definition) is 2. The number of amides is 1. The zero-order valence-electron chi connectivity index (χ0n) is 13.5. The van der Waals surface area contributed by atoms with Crippen LogP contribution < -0.4 is 5.32 Å². The van der Waals surface area contributed by atoms with Gasteiger partial charge >= 0.3 is 6.09 Å². The SMILES string of the molecule is COC(=O)NCCCN(CC(C)C)Sc1cccc(CO)c1. The highest BCUT2D eigenvalue weighted by Crippen LogP contribution is 2.24. The average Bonchev–Trinajstić information content (AvgIpc) is 2.50. The van der Waals surface area contributed by atoms with E-state index in [2.05, 4.69) is 28.2 Å². The number of carbonyl (C=O) groups excluding carboxylic acids is 1. The van der Waals surface area contributed by atoms with Crippen LogP contribution in [0.25, 0.3) is 0 Å². The molecule has 0 aliphatic rings. The second-order valence-electron chi connectivity index (χ2n) is 5.45. The molecule has 1 rings (SSSR count). The normalized spacial score (nSPS) is 11.0. The van der Waals surface area contributed by atoms with E-state index >= 15 is 0 Å². The summed E-state index contributed by atoms with van der Waals surface area (Å²) in [7, 11) is 1.37. The van der Waals surface area contributed by atoms with E-state index in [4.69, 9.17) is 0 Å². The molecular weight excluding hydrogens is 300 g/mol. The van der Waals surface area contributed by atoms with E-state index in [1.807, 2.05) is 24.3 Å². The minimum atomic E-state index is -0.390. The van der Waals surface area contributed by atoms with Crippen molar-refractivity contribution in [3.05, 3.63) is 29.8 Å². The molecule has 0 aliphatic carbocycles. The standard InChI is InChI=1S/C16H26N2O3S/c1-13(2)11-18(9-5-8-17-16(20)21-3)22-15-7-4-6-14(10-15)12-19/h4,6-7,10,13,19H,5,8-9,11-12H2,1-3H3,(H,17,20). The Hall–Kier alpha value is -1.24. The fraction of sp³-hybridized carbons (Fsp3) is 0.562. The predicted octanol–water partition coefficient (Wildman–Crippen LogP) is 2.89. The molecule has 6 heteroatoms. The summed E-state index contributed by atoms with van der Waals surface area (Å²) in [5, 5.41) is 11.9. The van der Waals surface area contributed by atoms with Gasteiger partial charge in [0.05, 0.1) is 13.7 Å². The van der Waals surface area contributed by atoms with Crippen LogP contribution in [0.3, 0.4) is 0 Å². The molecule has 1 aromatic carbocycles. The molecular formula is C16H26N2O3S. The molecule has 0 saturated heterocycles. The maximum absolute atomic E-state index is 11.0. The maximum Gasteiger partial charge on any atom is 0.406 e. The zero-order chi connectivity index (χ0) is 16.4. The van der Waals surface area contributed by atoms with Crippen LogP contribution in [0.4, 0.5) is 4.79 Å². The number of aliphatic hydroxyl groups excluding tert-OH is 1. The summed E-state index contributed by atoms with van der Waals surface area (Å²) < 4.78 is 6.84. The van der Waals surface area contributed by atoms with Gasteiger partial charge in [0.15, 0.2) is 0 Å². The number of alkyl carbamates (subject to hydrolysis) is 1. The van der Waals surface area contributed by atoms with Crippen molar-refractivity contribution < 1.29 is 14.6 Å². The first-order chi connectivity index (χ1) is 10.5. The van der Waals surface area contributed by atoms with Crippen molar-refractivity contribution in [2.75, 3.05) is 26.7 Å². The number of hydrogen-bond acceptors (Lipinski definition) is 5. The van der Waals surface area contributed by atoms with Gasteiger partial charge in [-0.15, -0.1) is 0 Å². The number of nitrogens with zero attached hydrogens (tertiary/aromatic N) is 1. The first-order valence-electron chi connectivity index (χ1n) is 7.49. The number of ether oxygens (including phenoxy) is 1. The topological polar surface area (TPSA) is 61.8 Å². The summed E-state index contributed by atoms with van der Waals surface area (Å²) in [6.45, 7) is 6.86. The molecule has 5 nitrogen and oxygen atoms in total. The summed E-state index contributed by atoms with van der Waals surface area (Å²) in [4.78, 5) is 12.1. The monoisotopic (exact) mass is 326 g/mol. The lowest BCUT2D eigenvalue weighted by Gasteiger charge is -2.23. The molecule has 0 aliphatic heterocycles. The van der Waals surface area contributed by atoms with Gasteiger partial charge in [-0.25, -0.2) is 9.10 Å². The Morgan fingerprint density at radius 3 is 2.86 bits per heavy atom. The molecule has 0 radical (unpaired) electrons. The third kappa shape index (κ3) is 7.68. The Morgan fingerprint density at radius 2 is 2.23 bits per heavy atom. The third-order valence-corrected chi connectivity index (χ3v) is 3.98. The number of benzene rings is 1. The van der Waals surface area contributed by atoms with E-state index < -0.39 is 6.09 Å². The molecule has 124 valence electrons. The van der Waals surface area contributed by atoms with Crippen LogP contribution in [-0.4, -0.2) is 42.2 Å². The highest BCUT2D eigenvalue weighted by molar-refractivity contribution is 7.97. The molecule has 1 amide bonds. The number of aliphatic hydroxyl groups is 1. The molecule has 2 N–H and O–H groups in total. The van der Waals surface area contributed by atoms with E-state index in [0.717, 1.165) is 30.0 Å². The van der Waals surface area contributed by atoms with Gasteiger partial charge in [-0.05, 0) is 42.0 Å². The van der Waals surface area contributed by atoms with Crippen molar-refractivity contribution in [1.82, 2.24) is 9.62 Å². The fourth-order valence-electron chi connectivity index (χ4n) is 1.95. The molecule has 0 atom stereocenters. The van der Waals surface area contributed by atoms with Gasteiger partial charge in [-0.1, -0.05) is 26.0 Å². The Bertz CT molecular complexity index is 455. The van der Waals surface area contributed by atoms with Crippen molar-refractivity contribution >= 4 is 18.0 Å². The third-order valence-electron chi connectivity index (χ3n) is 2.92. The number of methoxy groups -OCH3 is 1. The number of rotatable bonds is 9. The number of nitrogens with one attached hydrogen (secondary N) is 1. The lowest BCUT2D eigenvalue weighted by molar-refractivity contribution is 0.170. The lowest BCUT2D eigenvalue weighted by atomic mass is 10.2. The van der Waals surface area contributed by atoms with Crippen molar-refractivity contribution in [1.29, 1.82) is 0 Å². The quantitative estimate of drug-likeness (QED) is 0.540. The van der Waals surface area contributed by atoms with Crippen LogP contribution in [0.1, 0.15) is 25.8 Å². The molecule has 0 bridgehead atoms. The van der Waals surface area contributed by atoms with Gasteiger partial charge in [0.25, 0.3) is 0 Å². The van der Waals surface area contributed by atoms with Gasteiger partial charge in [0.2, 0.25) is 0 Å². The fourth-order valence-corrected chi connectivity index (χ4v) is 3.18. The van der Waals surface area contributed by atoms with Crippen molar-refractivity contribution in [2.45, 2.75) is 31.8 Å². The van der Waals surface area contributed by atoms with Gasteiger partial charge in [-0.3, -0.25) is 0 Å². The molecule has 22 heavy (non-hydrogen) atoms. The Kier molecular flexibility index (Phi) is 8.96. The van der Waals surface area contributed by atoms with Crippen molar-refractivity contribution in [3.8, 4) is 0 Å². The summed E-state index contributed by atoms with van der Waals surface area (Å²) in [5.74, 6) is 0.557. The molecule has 0 heterocycles. The van der Waals surface area contributed by atoms with Gasteiger partial charge in [0.1, 0.15) is 0 Å². The Labute approximate surface area is 137 Å². The average molecular weight is 326 g/mol. The van der Waals surface area contributed by atoms with Crippen LogP contribution in [0.15, 0.2) is 29.2 Å². The van der Waals surface area contributed by atoms with E-state index in [9.17, 15) is 9.90 Å². The first-order valence-corrected chi connectivity index (χ1v) is 8.27. The minimum Gasteiger partial charge on any atom is -0.453 e.